The first-order chi connectivity index (χ1) is 13.8. The van der Waals surface area contributed by atoms with Crippen LogP contribution in [0.2, 0.25) is 0 Å². The first-order valence-electron chi connectivity index (χ1n) is 9.15. The summed E-state index contributed by atoms with van der Waals surface area (Å²) in [5.74, 6) is 0.576. The van der Waals surface area contributed by atoms with Gasteiger partial charge in [-0.3, -0.25) is 9.78 Å². The number of thiophene rings is 1. The van der Waals surface area contributed by atoms with Crippen molar-refractivity contribution >= 4 is 27.3 Å². The van der Waals surface area contributed by atoms with E-state index in [2.05, 4.69) is 27.8 Å². The van der Waals surface area contributed by atoms with Gasteiger partial charge >= 0.3 is 0 Å². The van der Waals surface area contributed by atoms with Crippen LogP contribution in [0.15, 0.2) is 78.4 Å². The van der Waals surface area contributed by atoms with Crippen LogP contribution in [0.25, 0.3) is 10.1 Å². The van der Waals surface area contributed by atoms with Gasteiger partial charge in [-0.25, -0.2) is 0 Å². The average Bonchev–Trinajstić information content (AvgIpc) is 3.16. The number of nitrogens with one attached hydrogen (secondary N) is 1. The van der Waals surface area contributed by atoms with Gasteiger partial charge in [-0.05, 0) is 53.1 Å². The maximum atomic E-state index is 12.5. The molecular weight excluding hydrogens is 368 g/mol. The predicted octanol–water partition coefficient (Wildman–Crippen LogP) is 4.85. The van der Waals surface area contributed by atoms with Crippen LogP contribution in [0.4, 0.5) is 0 Å². The molecule has 0 saturated heterocycles. The van der Waals surface area contributed by atoms with Gasteiger partial charge in [0.2, 0.25) is 0 Å². The fraction of sp³-hybridized carbons (Fsp3) is 0.130. The number of hydrogen-bond donors (Lipinski definition) is 1. The third kappa shape index (κ3) is 4.38. The Hall–Kier alpha value is -3.18. The van der Waals surface area contributed by atoms with Crippen molar-refractivity contribution < 1.29 is 9.53 Å². The van der Waals surface area contributed by atoms with E-state index < -0.39 is 0 Å². The first kappa shape index (κ1) is 18.2. The number of fused-ring (bicyclic) bond motifs is 1. The summed E-state index contributed by atoms with van der Waals surface area (Å²) < 4.78 is 7.06. The van der Waals surface area contributed by atoms with Crippen molar-refractivity contribution in [3.05, 3.63) is 95.1 Å². The smallest absolute Gasteiger partial charge is 0.251 e. The third-order valence-electron chi connectivity index (χ3n) is 4.47. The van der Waals surface area contributed by atoms with E-state index in [9.17, 15) is 4.79 Å². The van der Waals surface area contributed by atoms with Crippen LogP contribution in [0.3, 0.4) is 0 Å². The van der Waals surface area contributed by atoms with Crippen molar-refractivity contribution in [2.45, 2.75) is 13.0 Å². The number of hydrogen-bond acceptors (Lipinski definition) is 4. The minimum atomic E-state index is -0.0913. The van der Waals surface area contributed by atoms with E-state index in [0.717, 1.165) is 12.0 Å². The second kappa shape index (κ2) is 8.67. The van der Waals surface area contributed by atoms with Crippen molar-refractivity contribution in [3.63, 3.8) is 0 Å². The largest absolute Gasteiger partial charge is 0.489 e. The molecule has 28 heavy (non-hydrogen) atoms. The normalized spacial score (nSPS) is 10.7. The second-order valence-corrected chi connectivity index (χ2v) is 7.35. The Morgan fingerprint density at radius 3 is 2.89 bits per heavy atom. The van der Waals surface area contributed by atoms with Gasteiger partial charge in [0.15, 0.2) is 0 Å². The molecule has 0 saturated carbocycles. The Morgan fingerprint density at radius 1 is 1.07 bits per heavy atom. The highest BCUT2D eigenvalue weighted by Gasteiger charge is 2.08. The van der Waals surface area contributed by atoms with Crippen LogP contribution in [0.1, 0.15) is 21.5 Å². The maximum absolute atomic E-state index is 12.5. The Labute approximate surface area is 167 Å². The summed E-state index contributed by atoms with van der Waals surface area (Å²) in [5, 5.41) is 6.44. The van der Waals surface area contributed by atoms with Gasteiger partial charge in [0.25, 0.3) is 5.91 Å². The molecule has 0 aliphatic carbocycles. The summed E-state index contributed by atoms with van der Waals surface area (Å²) in [6.45, 7) is 1.02. The summed E-state index contributed by atoms with van der Waals surface area (Å²) in [4.78, 5) is 16.6. The zero-order valence-electron chi connectivity index (χ0n) is 15.3. The van der Waals surface area contributed by atoms with Crippen LogP contribution in [-0.2, 0) is 13.0 Å². The van der Waals surface area contributed by atoms with Crippen LogP contribution in [0.5, 0.6) is 5.75 Å². The number of carbonyl (C=O) groups is 1. The van der Waals surface area contributed by atoms with E-state index in [-0.39, 0.29) is 5.91 Å². The Balaban J connectivity index is 1.33. The molecule has 0 aliphatic rings. The van der Waals surface area contributed by atoms with Gasteiger partial charge in [0.05, 0.1) is 0 Å². The van der Waals surface area contributed by atoms with Gasteiger partial charge < -0.3 is 10.1 Å². The highest BCUT2D eigenvalue weighted by atomic mass is 32.1. The van der Waals surface area contributed by atoms with E-state index in [0.29, 0.717) is 24.5 Å². The topological polar surface area (TPSA) is 51.2 Å². The lowest BCUT2D eigenvalue weighted by atomic mass is 10.1. The quantitative estimate of drug-likeness (QED) is 0.492. The van der Waals surface area contributed by atoms with Crippen molar-refractivity contribution in [2.75, 3.05) is 6.54 Å². The molecule has 2 aromatic carbocycles. The average molecular weight is 388 g/mol. The van der Waals surface area contributed by atoms with Crippen molar-refractivity contribution in [1.29, 1.82) is 0 Å². The van der Waals surface area contributed by atoms with Crippen LogP contribution < -0.4 is 10.1 Å². The standard InChI is InChI=1S/C23H20N2O2S/c26-23(25-12-10-19-16-28-22-9-2-1-8-21(19)22)18-6-3-7-20(13-18)27-15-17-5-4-11-24-14-17/h1-9,11,13-14,16H,10,12,15H2,(H,25,26). The zero-order valence-corrected chi connectivity index (χ0v) is 16.1. The van der Waals surface area contributed by atoms with Gasteiger partial charge in [-0.1, -0.05) is 30.3 Å². The molecule has 0 fully saturated rings. The summed E-state index contributed by atoms with van der Waals surface area (Å²) in [5.41, 5.74) is 2.86. The number of rotatable bonds is 7. The first-order valence-corrected chi connectivity index (χ1v) is 10.0. The number of ether oxygens (including phenoxy) is 1. The predicted molar refractivity (Wildman–Crippen MR) is 113 cm³/mol. The van der Waals surface area contributed by atoms with E-state index in [1.54, 1.807) is 35.9 Å². The minimum absolute atomic E-state index is 0.0913. The molecule has 4 nitrogen and oxygen atoms in total. The molecule has 0 atom stereocenters. The molecule has 4 aromatic rings. The molecule has 0 unspecified atom stereocenters. The molecule has 140 valence electrons. The van der Waals surface area contributed by atoms with Gasteiger partial charge in [0, 0.05) is 34.8 Å². The molecule has 0 radical (unpaired) electrons. The highest BCUT2D eigenvalue weighted by Crippen LogP contribution is 2.25. The molecule has 1 N–H and O–H groups in total. The molecule has 1 amide bonds. The number of nitrogens with zero attached hydrogens (tertiary/aromatic N) is 1. The van der Waals surface area contributed by atoms with Gasteiger partial charge in [-0.2, -0.15) is 0 Å². The number of amides is 1. The number of pyridine rings is 1. The van der Waals surface area contributed by atoms with Crippen LogP contribution in [0, 0.1) is 0 Å². The summed E-state index contributed by atoms with van der Waals surface area (Å²) in [7, 11) is 0. The summed E-state index contributed by atoms with van der Waals surface area (Å²) in [6.07, 6.45) is 4.31. The zero-order chi connectivity index (χ0) is 19.2. The van der Waals surface area contributed by atoms with Gasteiger partial charge in [-0.15, -0.1) is 11.3 Å². The minimum Gasteiger partial charge on any atom is -0.489 e. The fourth-order valence-corrected chi connectivity index (χ4v) is 4.01. The molecule has 2 heterocycles. The monoisotopic (exact) mass is 388 g/mol. The molecule has 0 aliphatic heterocycles. The van der Waals surface area contributed by atoms with Crippen molar-refractivity contribution in [1.82, 2.24) is 10.3 Å². The van der Waals surface area contributed by atoms with Crippen LogP contribution in [-0.4, -0.2) is 17.4 Å². The lowest BCUT2D eigenvalue weighted by Gasteiger charge is -2.09. The number of benzene rings is 2. The lowest BCUT2D eigenvalue weighted by Crippen LogP contribution is -2.25. The second-order valence-electron chi connectivity index (χ2n) is 6.44. The van der Waals surface area contributed by atoms with E-state index in [1.807, 2.05) is 36.4 Å². The number of aromatic nitrogens is 1. The van der Waals surface area contributed by atoms with Crippen molar-refractivity contribution in [3.8, 4) is 5.75 Å². The summed E-state index contributed by atoms with van der Waals surface area (Å²) >= 11 is 1.74. The highest BCUT2D eigenvalue weighted by molar-refractivity contribution is 7.17. The lowest BCUT2D eigenvalue weighted by molar-refractivity contribution is 0.0953. The third-order valence-corrected chi connectivity index (χ3v) is 5.48. The molecule has 0 bridgehead atoms. The molecule has 0 spiro atoms. The van der Waals surface area contributed by atoms with Crippen molar-refractivity contribution in [2.24, 2.45) is 0 Å². The van der Waals surface area contributed by atoms with Gasteiger partial charge in [0.1, 0.15) is 12.4 Å². The van der Waals surface area contributed by atoms with E-state index >= 15 is 0 Å². The Kier molecular flexibility index (Phi) is 5.64. The fourth-order valence-electron chi connectivity index (χ4n) is 3.02. The van der Waals surface area contributed by atoms with Crippen LogP contribution >= 0.6 is 11.3 Å². The Bertz CT molecular complexity index is 1080. The molecule has 5 heteroatoms. The molecular formula is C23H20N2O2S. The molecule has 4 rings (SSSR count). The SMILES string of the molecule is O=C(NCCc1csc2ccccc12)c1cccc(OCc2cccnc2)c1. The Morgan fingerprint density at radius 2 is 2.00 bits per heavy atom. The van der Waals surface area contributed by atoms with E-state index in [1.165, 1.54) is 15.6 Å². The van der Waals surface area contributed by atoms with E-state index in [4.69, 9.17) is 4.74 Å². The summed E-state index contributed by atoms with van der Waals surface area (Å²) in [6, 6.07) is 19.4. The molecule has 2 aromatic heterocycles. The number of carbonyl (C=O) groups excluding carboxylic acids is 1. The maximum Gasteiger partial charge on any atom is 0.251 e.